The van der Waals surface area contributed by atoms with E-state index < -0.39 is 0 Å². The van der Waals surface area contributed by atoms with Gasteiger partial charge in [-0.25, -0.2) is 0 Å². The summed E-state index contributed by atoms with van der Waals surface area (Å²) in [5.41, 5.74) is 1.23. The van der Waals surface area contributed by atoms with Crippen LogP contribution in [-0.4, -0.2) is 51.0 Å². The maximum Gasteiger partial charge on any atom is 0.231 e. The third kappa shape index (κ3) is 3.00. The first-order valence-electron chi connectivity index (χ1n) is 6.83. The molecule has 5 heteroatoms. The van der Waals surface area contributed by atoms with Crippen LogP contribution in [0.4, 0.5) is 0 Å². The average molecular weight is 263 g/mol. The van der Waals surface area contributed by atoms with Crippen LogP contribution >= 0.6 is 0 Å². The van der Waals surface area contributed by atoms with E-state index in [9.17, 15) is 0 Å². The molecule has 0 radical (unpaired) electrons. The number of nitrogens with one attached hydrogen (secondary N) is 2. The smallest absolute Gasteiger partial charge is 0.231 e. The number of rotatable bonds is 4. The van der Waals surface area contributed by atoms with Crippen LogP contribution < -0.4 is 20.1 Å². The zero-order valence-electron chi connectivity index (χ0n) is 11.3. The summed E-state index contributed by atoms with van der Waals surface area (Å²) < 4.78 is 10.7. The summed E-state index contributed by atoms with van der Waals surface area (Å²) >= 11 is 0. The van der Waals surface area contributed by atoms with Crippen molar-refractivity contribution in [2.24, 2.45) is 0 Å². The van der Waals surface area contributed by atoms with Gasteiger partial charge < -0.3 is 20.1 Å². The second-order valence-electron chi connectivity index (χ2n) is 5.16. The van der Waals surface area contributed by atoms with Gasteiger partial charge >= 0.3 is 0 Å². The quantitative estimate of drug-likeness (QED) is 0.824. The third-order valence-corrected chi connectivity index (χ3v) is 3.79. The Morgan fingerprint density at radius 1 is 1.37 bits per heavy atom. The number of fused-ring (bicyclic) bond motifs is 1. The molecule has 0 bridgehead atoms. The van der Waals surface area contributed by atoms with Crippen LogP contribution in [-0.2, 0) is 6.54 Å². The molecular formula is C14H21N3O2. The molecule has 19 heavy (non-hydrogen) atoms. The van der Waals surface area contributed by atoms with Crippen LogP contribution in [0.15, 0.2) is 18.2 Å². The van der Waals surface area contributed by atoms with E-state index in [1.807, 2.05) is 6.07 Å². The van der Waals surface area contributed by atoms with Gasteiger partial charge in [0.05, 0.1) is 0 Å². The van der Waals surface area contributed by atoms with Gasteiger partial charge in [-0.05, 0) is 24.7 Å². The fourth-order valence-corrected chi connectivity index (χ4v) is 2.52. The Bertz CT molecular complexity index is 439. The second-order valence-corrected chi connectivity index (χ2v) is 5.16. The number of nitrogens with zero attached hydrogens (tertiary/aromatic N) is 1. The predicted octanol–water partition coefficient (Wildman–Crippen LogP) is 0.408. The van der Waals surface area contributed by atoms with E-state index in [0.717, 1.165) is 44.2 Å². The lowest BCUT2D eigenvalue weighted by molar-refractivity contribution is 0.174. The maximum atomic E-state index is 5.38. The minimum Gasteiger partial charge on any atom is -0.454 e. The molecule has 2 aliphatic heterocycles. The Morgan fingerprint density at radius 3 is 3.16 bits per heavy atom. The van der Waals surface area contributed by atoms with Crippen LogP contribution in [0.3, 0.4) is 0 Å². The standard InChI is InChI=1S/C14H21N3O2/c1-17-5-4-15-8-12(17)9-16-7-11-2-3-13-14(6-11)19-10-18-13/h2-3,6,12,15-16H,4-5,7-10H2,1H3. The molecule has 0 saturated carbocycles. The van der Waals surface area contributed by atoms with Gasteiger partial charge in [0.15, 0.2) is 11.5 Å². The van der Waals surface area contributed by atoms with Crippen molar-refractivity contribution in [3.63, 3.8) is 0 Å². The van der Waals surface area contributed by atoms with Gasteiger partial charge in [-0.2, -0.15) is 0 Å². The topological polar surface area (TPSA) is 45.8 Å². The van der Waals surface area contributed by atoms with Gasteiger partial charge in [-0.15, -0.1) is 0 Å². The molecule has 3 rings (SSSR count). The zero-order valence-corrected chi connectivity index (χ0v) is 11.3. The summed E-state index contributed by atoms with van der Waals surface area (Å²) in [7, 11) is 2.19. The van der Waals surface area contributed by atoms with E-state index in [1.54, 1.807) is 0 Å². The number of piperazine rings is 1. The third-order valence-electron chi connectivity index (χ3n) is 3.79. The van der Waals surface area contributed by atoms with Crippen LogP contribution in [0.25, 0.3) is 0 Å². The molecule has 1 aromatic carbocycles. The Hall–Kier alpha value is -1.30. The molecule has 0 aromatic heterocycles. The van der Waals surface area contributed by atoms with Crippen LogP contribution in [0, 0.1) is 0 Å². The molecular weight excluding hydrogens is 242 g/mol. The molecule has 1 fully saturated rings. The van der Waals surface area contributed by atoms with Gasteiger partial charge in [0.1, 0.15) is 0 Å². The van der Waals surface area contributed by atoms with Crippen LogP contribution in [0.2, 0.25) is 0 Å². The normalized spacial score (nSPS) is 22.7. The van der Waals surface area contributed by atoms with Crippen LogP contribution in [0.5, 0.6) is 11.5 Å². The number of ether oxygens (including phenoxy) is 2. The molecule has 1 atom stereocenters. The van der Waals surface area contributed by atoms with Crippen molar-refractivity contribution in [2.45, 2.75) is 12.6 Å². The summed E-state index contributed by atoms with van der Waals surface area (Å²) in [6, 6.07) is 6.69. The Balaban J connectivity index is 1.49. The van der Waals surface area contributed by atoms with Crippen LogP contribution in [0.1, 0.15) is 5.56 Å². The minimum absolute atomic E-state index is 0.338. The highest BCUT2D eigenvalue weighted by Gasteiger charge is 2.18. The lowest BCUT2D eigenvalue weighted by Crippen LogP contribution is -2.53. The van der Waals surface area contributed by atoms with Crippen molar-refractivity contribution < 1.29 is 9.47 Å². The molecule has 1 unspecified atom stereocenters. The molecule has 0 spiro atoms. The molecule has 104 valence electrons. The Kier molecular flexibility index (Phi) is 3.87. The first kappa shape index (κ1) is 12.7. The molecule has 5 nitrogen and oxygen atoms in total. The Morgan fingerprint density at radius 2 is 2.26 bits per heavy atom. The fourth-order valence-electron chi connectivity index (χ4n) is 2.52. The monoisotopic (exact) mass is 263 g/mol. The summed E-state index contributed by atoms with van der Waals surface area (Å²) in [5, 5.41) is 6.94. The SMILES string of the molecule is CN1CCNCC1CNCc1ccc2c(c1)OCO2. The predicted molar refractivity (Wildman–Crippen MR) is 73.6 cm³/mol. The summed E-state index contributed by atoms with van der Waals surface area (Å²) in [5.74, 6) is 1.70. The number of benzene rings is 1. The summed E-state index contributed by atoms with van der Waals surface area (Å²) in [6.07, 6.45) is 0. The highest BCUT2D eigenvalue weighted by atomic mass is 16.7. The summed E-state index contributed by atoms with van der Waals surface area (Å²) in [6.45, 7) is 5.47. The molecule has 2 aliphatic rings. The largest absolute Gasteiger partial charge is 0.454 e. The van der Waals surface area contributed by atoms with Crippen molar-refractivity contribution in [1.82, 2.24) is 15.5 Å². The van der Waals surface area contributed by atoms with Gasteiger partial charge in [0.25, 0.3) is 0 Å². The van der Waals surface area contributed by atoms with Gasteiger partial charge in [0.2, 0.25) is 6.79 Å². The minimum atomic E-state index is 0.338. The number of hydrogen-bond acceptors (Lipinski definition) is 5. The highest BCUT2D eigenvalue weighted by Crippen LogP contribution is 2.32. The molecule has 0 aliphatic carbocycles. The van der Waals surface area contributed by atoms with E-state index in [-0.39, 0.29) is 0 Å². The molecule has 2 N–H and O–H groups in total. The van der Waals surface area contributed by atoms with E-state index in [0.29, 0.717) is 12.8 Å². The van der Waals surface area contributed by atoms with E-state index in [2.05, 4.69) is 34.7 Å². The Labute approximate surface area is 113 Å². The first-order valence-corrected chi connectivity index (χ1v) is 6.83. The average Bonchev–Trinajstić information content (AvgIpc) is 2.88. The van der Waals surface area contributed by atoms with Crippen molar-refractivity contribution in [3.05, 3.63) is 23.8 Å². The van der Waals surface area contributed by atoms with E-state index in [4.69, 9.17) is 9.47 Å². The fraction of sp³-hybridized carbons (Fsp3) is 0.571. The molecule has 0 amide bonds. The number of hydrogen-bond donors (Lipinski definition) is 2. The highest BCUT2D eigenvalue weighted by molar-refractivity contribution is 5.44. The first-order chi connectivity index (χ1) is 9.33. The van der Waals surface area contributed by atoms with E-state index >= 15 is 0 Å². The molecule has 2 heterocycles. The number of likely N-dealkylation sites (N-methyl/N-ethyl adjacent to an activating group) is 1. The lowest BCUT2D eigenvalue weighted by Gasteiger charge is -2.33. The van der Waals surface area contributed by atoms with Crippen molar-refractivity contribution in [3.8, 4) is 11.5 Å². The van der Waals surface area contributed by atoms with Crippen molar-refractivity contribution in [2.75, 3.05) is 40.0 Å². The van der Waals surface area contributed by atoms with Crippen molar-refractivity contribution in [1.29, 1.82) is 0 Å². The second kappa shape index (κ2) is 5.77. The zero-order chi connectivity index (χ0) is 13.1. The van der Waals surface area contributed by atoms with Crippen molar-refractivity contribution >= 4 is 0 Å². The van der Waals surface area contributed by atoms with Gasteiger partial charge in [0, 0.05) is 38.8 Å². The summed E-state index contributed by atoms with van der Waals surface area (Å²) in [4.78, 5) is 2.41. The van der Waals surface area contributed by atoms with E-state index in [1.165, 1.54) is 5.56 Å². The van der Waals surface area contributed by atoms with Gasteiger partial charge in [-0.1, -0.05) is 6.07 Å². The maximum absolute atomic E-state index is 5.38. The molecule has 1 saturated heterocycles. The molecule has 1 aromatic rings. The van der Waals surface area contributed by atoms with Gasteiger partial charge in [-0.3, -0.25) is 4.90 Å². The lowest BCUT2D eigenvalue weighted by atomic mass is 10.1.